The summed E-state index contributed by atoms with van der Waals surface area (Å²) in [6.07, 6.45) is 9.02. The van der Waals surface area contributed by atoms with E-state index in [1.807, 2.05) is 18.3 Å². The number of pyridine rings is 1. The second kappa shape index (κ2) is 9.32. The zero-order chi connectivity index (χ0) is 22.1. The maximum Gasteiger partial charge on any atom is 0.233 e. The van der Waals surface area contributed by atoms with Crippen molar-refractivity contribution in [3.63, 3.8) is 0 Å². The van der Waals surface area contributed by atoms with Crippen molar-refractivity contribution in [2.45, 2.75) is 32.3 Å². The zero-order valence-electron chi connectivity index (χ0n) is 18.9. The Hall–Kier alpha value is -2.25. The Morgan fingerprint density at radius 2 is 1.75 bits per heavy atom. The number of fused-ring (bicyclic) bond motifs is 5. The second-order valence-electron chi connectivity index (χ2n) is 9.61. The first-order valence-corrected chi connectivity index (χ1v) is 12.2. The van der Waals surface area contributed by atoms with E-state index in [1.165, 1.54) is 4.90 Å². The lowest BCUT2D eigenvalue weighted by molar-refractivity contribution is -0.143. The number of carbonyl (C=O) groups is 2. The number of hydrogen-bond donors (Lipinski definition) is 0. The third-order valence-electron chi connectivity index (χ3n) is 7.61. The van der Waals surface area contributed by atoms with E-state index in [1.54, 1.807) is 0 Å². The monoisotopic (exact) mass is 438 g/mol. The molecule has 3 unspecified atom stereocenters. The van der Waals surface area contributed by atoms with Crippen molar-refractivity contribution in [1.29, 1.82) is 0 Å². The molecule has 5 rings (SSSR count). The summed E-state index contributed by atoms with van der Waals surface area (Å²) in [6.45, 7) is 7.62. The molecule has 32 heavy (non-hydrogen) atoms. The van der Waals surface area contributed by atoms with Gasteiger partial charge in [0, 0.05) is 45.5 Å². The van der Waals surface area contributed by atoms with Gasteiger partial charge in [-0.2, -0.15) is 0 Å². The first-order valence-electron chi connectivity index (χ1n) is 12.2. The van der Waals surface area contributed by atoms with E-state index in [0.29, 0.717) is 13.2 Å². The van der Waals surface area contributed by atoms with E-state index in [9.17, 15) is 9.59 Å². The van der Waals surface area contributed by atoms with Crippen molar-refractivity contribution in [3.05, 3.63) is 36.5 Å². The van der Waals surface area contributed by atoms with Gasteiger partial charge in [-0.3, -0.25) is 19.4 Å². The molecule has 7 nitrogen and oxygen atoms in total. The van der Waals surface area contributed by atoms with E-state index in [2.05, 4.69) is 39.9 Å². The molecule has 2 saturated heterocycles. The zero-order valence-corrected chi connectivity index (χ0v) is 18.9. The highest BCUT2D eigenvalue weighted by molar-refractivity contribution is 6.06. The highest BCUT2D eigenvalue weighted by Gasteiger charge is 2.59. The minimum absolute atomic E-state index is 0.0286. The molecule has 0 radical (unpaired) electrons. The van der Waals surface area contributed by atoms with Gasteiger partial charge in [0.2, 0.25) is 11.8 Å². The van der Waals surface area contributed by atoms with Gasteiger partial charge in [-0.1, -0.05) is 31.6 Å². The molecule has 2 amide bonds. The molecule has 1 aromatic heterocycles. The molecule has 2 aliphatic heterocycles. The quantitative estimate of drug-likeness (QED) is 0.335. The summed E-state index contributed by atoms with van der Waals surface area (Å²) in [6, 6.07) is 6.01. The van der Waals surface area contributed by atoms with Crippen molar-refractivity contribution in [3.8, 4) is 0 Å². The fourth-order valence-corrected chi connectivity index (χ4v) is 5.89. The Morgan fingerprint density at radius 1 is 1.03 bits per heavy atom. The van der Waals surface area contributed by atoms with Crippen molar-refractivity contribution >= 4 is 17.6 Å². The van der Waals surface area contributed by atoms with Crippen molar-refractivity contribution in [2.75, 3.05) is 50.8 Å². The van der Waals surface area contributed by atoms with Gasteiger partial charge in [0.05, 0.1) is 24.5 Å². The summed E-state index contributed by atoms with van der Waals surface area (Å²) in [5.74, 6) is 1.33. The number of amides is 2. The summed E-state index contributed by atoms with van der Waals surface area (Å²) < 4.78 is 6.22. The molecular formula is C25H34N4O3. The standard InChI is InChI=1S/C25H34N4O3/c1-2-3-14-32-20(16-27-10-12-28(13-11-27)21-6-4-5-9-26-21)17-29-24(30)22-18-7-8-19(15-18)23(22)25(29)31/h4-9,18-20,22-23H,2-3,10-17H2,1H3/t18-,19?,20?,22-,23?/m0/s1. The van der Waals surface area contributed by atoms with Crippen LogP contribution in [0, 0.1) is 23.7 Å². The smallest absolute Gasteiger partial charge is 0.233 e. The second-order valence-corrected chi connectivity index (χ2v) is 9.61. The van der Waals surface area contributed by atoms with Gasteiger partial charge in [-0.25, -0.2) is 4.98 Å². The summed E-state index contributed by atoms with van der Waals surface area (Å²) in [7, 11) is 0. The van der Waals surface area contributed by atoms with Crippen LogP contribution in [0.5, 0.6) is 0 Å². The molecule has 2 bridgehead atoms. The van der Waals surface area contributed by atoms with E-state index >= 15 is 0 Å². The third kappa shape index (κ3) is 4.08. The molecule has 0 N–H and O–H groups in total. The number of carbonyl (C=O) groups excluding carboxylic acids is 2. The average Bonchev–Trinajstić information content (AvgIpc) is 3.50. The van der Waals surface area contributed by atoms with Crippen molar-refractivity contribution in [1.82, 2.24) is 14.8 Å². The first kappa shape index (κ1) is 21.6. The molecule has 1 aromatic rings. The summed E-state index contributed by atoms with van der Waals surface area (Å²) in [5.41, 5.74) is 0. The largest absolute Gasteiger partial charge is 0.375 e. The number of hydrogen-bond acceptors (Lipinski definition) is 6. The van der Waals surface area contributed by atoms with Gasteiger partial charge < -0.3 is 9.64 Å². The van der Waals surface area contributed by atoms with Crippen LogP contribution in [-0.4, -0.2) is 78.6 Å². The van der Waals surface area contributed by atoms with Gasteiger partial charge in [0.1, 0.15) is 5.82 Å². The van der Waals surface area contributed by atoms with Crippen LogP contribution in [0.3, 0.4) is 0 Å². The Morgan fingerprint density at radius 3 is 2.38 bits per heavy atom. The van der Waals surface area contributed by atoms with Crippen LogP contribution in [0.1, 0.15) is 26.2 Å². The fraction of sp³-hybridized carbons (Fsp3) is 0.640. The van der Waals surface area contributed by atoms with Gasteiger partial charge in [-0.05, 0) is 36.8 Å². The molecule has 0 aromatic carbocycles. The van der Waals surface area contributed by atoms with E-state index < -0.39 is 0 Å². The van der Waals surface area contributed by atoms with Gasteiger partial charge in [-0.15, -0.1) is 0 Å². The lowest BCUT2D eigenvalue weighted by atomic mass is 9.85. The van der Waals surface area contributed by atoms with Crippen LogP contribution in [0.2, 0.25) is 0 Å². The van der Waals surface area contributed by atoms with Gasteiger partial charge in [0.15, 0.2) is 0 Å². The minimum Gasteiger partial charge on any atom is -0.375 e. The average molecular weight is 439 g/mol. The maximum atomic E-state index is 13.1. The summed E-state index contributed by atoms with van der Waals surface area (Å²) in [5, 5.41) is 0. The molecule has 172 valence electrons. The van der Waals surface area contributed by atoms with Crippen LogP contribution in [-0.2, 0) is 14.3 Å². The number of ether oxygens (including phenoxy) is 1. The van der Waals surface area contributed by atoms with Crippen LogP contribution in [0.4, 0.5) is 5.82 Å². The predicted molar refractivity (Wildman–Crippen MR) is 122 cm³/mol. The molecule has 3 heterocycles. The number of likely N-dealkylation sites (tertiary alicyclic amines) is 1. The SMILES string of the molecule is CCCCOC(CN1CCN(c2ccccn2)CC1)CN1C(=O)C2C3C=C[C@@H](C3)[C@@H]2C1=O. The number of imide groups is 1. The Kier molecular flexibility index (Phi) is 6.28. The minimum atomic E-state index is -0.139. The van der Waals surface area contributed by atoms with Crippen LogP contribution < -0.4 is 4.90 Å². The highest BCUT2D eigenvalue weighted by atomic mass is 16.5. The number of anilines is 1. The molecular weight excluding hydrogens is 404 g/mol. The number of aromatic nitrogens is 1. The first-order chi connectivity index (χ1) is 15.7. The number of allylic oxidation sites excluding steroid dienone is 2. The van der Waals surface area contributed by atoms with E-state index in [-0.39, 0.29) is 41.6 Å². The van der Waals surface area contributed by atoms with Crippen molar-refractivity contribution < 1.29 is 14.3 Å². The lowest BCUT2D eigenvalue weighted by Crippen LogP contribution is -2.51. The topological polar surface area (TPSA) is 66.0 Å². The molecule has 0 spiro atoms. The Balaban J connectivity index is 1.20. The molecule has 4 aliphatic rings. The maximum absolute atomic E-state index is 13.1. The fourth-order valence-electron chi connectivity index (χ4n) is 5.89. The number of nitrogens with zero attached hydrogens (tertiary/aromatic N) is 4. The third-order valence-corrected chi connectivity index (χ3v) is 7.61. The Bertz CT molecular complexity index is 822. The summed E-state index contributed by atoms with van der Waals surface area (Å²) in [4.78, 5) is 37.0. The molecule has 2 aliphatic carbocycles. The van der Waals surface area contributed by atoms with Crippen molar-refractivity contribution in [2.24, 2.45) is 23.7 Å². The van der Waals surface area contributed by atoms with Gasteiger partial charge >= 0.3 is 0 Å². The highest BCUT2D eigenvalue weighted by Crippen LogP contribution is 2.52. The number of rotatable bonds is 9. The normalized spacial score (nSPS) is 30.4. The Labute approximate surface area is 190 Å². The molecule has 7 heteroatoms. The predicted octanol–water partition coefficient (Wildman–Crippen LogP) is 2.20. The van der Waals surface area contributed by atoms with Crippen LogP contribution in [0.25, 0.3) is 0 Å². The number of piperazine rings is 1. The van der Waals surface area contributed by atoms with E-state index in [4.69, 9.17) is 4.74 Å². The molecule has 3 fully saturated rings. The van der Waals surface area contributed by atoms with Gasteiger partial charge in [0.25, 0.3) is 0 Å². The summed E-state index contributed by atoms with van der Waals surface area (Å²) >= 11 is 0. The van der Waals surface area contributed by atoms with E-state index in [0.717, 1.165) is 57.8 Å². The lowest BCUT2D eigenvalue weighted by Gasteiger charge is -2.37. The molecule has 5 atom stereocenters. The van der Waals surface area contributed by atoms with Crippen LogP contribution in [0.15, 0.2) is 36.5 Å². The number of unbranched alkanes of at least 4 members (excludes halogenated alkanes) is 1. The molecule has 1 saturated carbocycles. The van der Waals surface area contributed by atoms with Crippen LogP contribution >= 0.6 is 0 Å².